The number of hydrogen-bond acceptors (Lipinski definition) is 2. The Hall–Kier alpha value is -5.08. The van der Waals surface area contributed by atoms with Crippen LogP contribution in [-0.4, -0.2) is 34.8 Å². The standard InChI is InChI=1S/C19H13ClF5NO.C19H11ClF5NO/c2*20-18-14(7-12(22)8-15(18)23)13-5-6-17(27)26(9-16(24)25)19(13)10-1-3-11(21)4-2-10/h1-4,7-8,16H,5-6,9H2;1-8,16H,9H2. The Morgan fingerprint density at radius 1 is 0.556 bits per heavy atom. The molecule has 0 bridgehead atoms. The highest BCUT2D eigenvalue weighted by atomic mass is 35.5. The number of halogens is 12. The van der Waals surface area contributed by atoms with Crippen LogP contribution in [0, 0.1) is 34.9 Å². The van der Waals surface area contributed by atoms with Gasteiger partial charge in [0.25, 0.3) is 18.4 Å². The molecule has 0 N–H and O–H groups in total. The molecule has 6 rings (SSSR count). The van der Waals surface area contributed by atoms with Gasteiger partial charge in [0.15, 0.2) is 0 Å². The lowest BCUT2D eigenvalue weighted by atomic mass is 9.91. The van der Waals surface area contributed by atoms with Crippen LogP contribution in [0.3, 0.4) is 0 Å². The summed E-state index contributed by atoms with van der Waals surface area (Å²) < 4.78 is 135. The normalized spacial score (nSPS) is 13.1. The third-order valence-corrected chi connectivity index (χ3v) is 8.88. The van der Waals surface area contributed by atoms with Gasteiger partial charge in [-0.2, -0.15) is 0 Å². The molecule has 0 atom stereocenters. The van der Waals surface area contributed by atoms with Gasteiger partial charge < -0.3 is 9.47 Å². The summed E-state index contributed by atoms with van der Waals surface area (Å²) in [6.07, 6.45) is -5.77. The minimum Gasteiger partial charge on any atom is -0.306 e. The highest BCUT2D eigenvalue weighted by Crippen LogP contribution is 2.41. The first kappa shape index (κ1) is 40.1. The zero-order valence-electron chi connectivity index (χ0n) is 27.3. The van der Waals surface area contributed by atoms with E-state index in [0.717, 1.165) is 51.9 Å². The van der Waals surface area contributed by atoms with Crippen LogP contribution in [0.4, 0.5) is 43.9 Å². The van der Waals surface area contributed by atoms with E-state index in [-0.39, 0.29) is 62.6 Å². The zero-order valence-corrected chi connectivity index (χ0v) is 28.8. The lowest BCUT2D eigenvalue weighted by molar-refractivity contribution is -0.129. The average molecular weight is 802 g/mol. The first-order valence-electron chi connectivity index (χ1n) is 15.7. The molecule has 1 aliphatic heterocycles. The monoisotopic (exact) mass is 800 g/mol. The highest BCUT2D eigenvalue weighted by Gasteiger charge is 2.32. The van der Waals surface area contributed by atoms with Gasteiger partial charge in [-0.15, -0.1) is 0 Å². The predicted octanol–water partition coefficient (Wildman–Crippen LogP) is 11.0. The molecule has 282 valence electrons. The third-order valence-electron chi connectivity index (χ3n) is 8.11. The van der Waals surface area contributed by atoms with Gasteiger partial charge in [0.05, 0.1) is 34.5 Å². The van der Waals surface area contributed by atoms with Crippen LogP contribution >= 0.6 is 23.2 Å². The highest BCUT2D eigenvalue weighted by molar-refractivity contribution is 6.33. The molecule has 1 aromatic heterocycles. The minimum absolute atomic E-state index is 0.0275. The van der Waals surface area contributed by atoms with E-state index in [9.17, 15) is 53.5 Å². The van der Waals surface area contributed by atoms with Gasteiger partial charge in [-0.3, -0.25) is 9.59 Å². The molecular formula is C38H24Cl2F10N2O2. The quantitative estimate of drug-likeness (QED) is 0.116. The van der Waals surface area contributed by atoms with E-state index in [4.69, 9.17) is 23.2 Å². The van der Waals surface area contributed by atoms with E-state index in [1.165, 1.54) is 30.3 Å². The molecule has 0 aliphatic carbocycles. The lowest BCUT2D eigenvalue weighted by Crippen LogP contribution is -2.36. The molecule has 54 heavy (non-hydrogen) atoms. The summed E-state index contributed by atoms with van der Waals surface area (Å²) in [5.41, 5.74) is -0.113. The Morgan fingerprint density at radius 2 is 1.06 bits per heavy atom. The molecule has 0 saturated heterocycles. The van der Waals surface area contributed by atoms with Crippen LogP contribution < -0.4 is 5.56 Å². The van der Waals surface area contributed by atoms with Gasteiger partial charge >= 0.3 is 0 Å². The number of rotatable bonds is 8. The smallest absolute Gasteiger partial charge is 0.256 e. The first-order valence-corrected chi connectivity index (χ1v) is 16.5. The van der Waals surface area contributed by atoms with Gasteiger partial charge in [-0.25, -0.2) is 43.9 Å². The Kier molecular flexibility index (Phi) is 12.6. The molecule has 0 saturated carbocycles. The maximum absolute atomic E-state index is 13.9. The molecule has 2 heterocycles. The van der Waals surface area contributed by atoms with Crippen molar-refractivity contribution >= 4 is 40.4 Å². The fraction of sp³-hybridized carbons (Fsp3) is 0.158. The number of nitrogens with zero attached hydrogens (tertiary/aromatic N) is 2. The second-order valence-electron chi connectivity index (χ2n) is 11.7. The molecule has 1 amide bonds. The van der Waals surface area contributed by atoms with Crippen molar-refractivity contribution in [1.29, 1.82) is 0 Å². The van der Waals surface area contributed by atoms with Crippen molar-refractivity contribution < 1.29 is 48.7 Å². The molecule has 4 aromatic carbocycles. The van der Waals surface area contributed by atoms with Crippen molar-refractivity contribution in [2.75, 3.05) is 6.54 Å². The number of carbonyl (C=O) groups is 1. The summed E-state index contributed by atoms with van der Waals surface area (Å²) in [4.78, 5) is 25.3. The van der Waals surface area contributed by atoms with Gasteiger partial charge in [-0.05, 0) is 89.9 Å². The van der Waals surface area contributed by atoms with Gasteiger partial charge in [0.2, 0.25) is 5.91 Å². The number of alkyl halides is 4. The average Bonchev–Trinajstić information content (AvgIpc) is 3.10. The second kappa shape index (κ2) is 16.9. The Labute approximate surface area is 310 Å². The van der Waals surface area contributed by atoms with Gasteiger partial charge in [0, 0.05) is 41.3 Å². The van der Waals surface area contributed by atoms with Crippen molar-refractivity contribution in [3.8, 4) is 22.4 Å². The summed E-state index contributed by atoms with van der Waals surface area (Å²) in [5.74, 6) is -5.56. The largest absolute Gasteiger partial charge is 0.306 e. The van der Waals surface area contributed by atoms with Gasteiger partial charge in [-0.1, -0.05) is 23.2 Å². The van der Waals surface area contributed by atoms with Crippen molar-refractivity contribution in [2.24, 2.45) is 0 Å². The SMILES string of the molecule is O=C1CCC(c2cc(F)cc(F)c2Cl)=C(c2ccc(F)cc2)N1CC(F)F.O=c1ccc(-c2cc(F)cc(F)c2Cl)c(-c2ccc(F)cc2)n1CC(F)F. The molecule has 16 heteroatoms. The maximum atomic E-state index is 13.9. The number of hydrogen-bond donors (Lipinski definition) is 0. The van der Waals surface area contributed by atoms with E-state index in [2.05, 4.69) is 0 Å². The van der Waals surface area contributed by atoms with Crippen LogP contribution in [0.25, 0.3) is 33.7 Å². The number of allylic oxidation sites excluding steroid dienone is 1. The summed E-state index contributed by atoms with van der Waals surface area (Å²) in [5, 5.41) is -0.806. The molecule has 0 fully saturated rings. The molecule has 0 radical (unpaired) electrons. The molecular weight excluding hydrogens is 777 g/mol. The van der Waals surface area contributed by atoms with Crippen molar-refractivity contribution in [1.82, 2.24) is 9.47 Å². The third kappa shape index (κ3) is 8.99. The Morgan fingerprint density at radius 3 is 1.59 bits per heavy atom. The zero-order chi connectivity index (χ0) is 39.4. The summed E-state index contributed by atoms with van der Waals surface area (Å²) in [7, 11) is 0. The van der Waals surface area contributed by atoms with E-state index < -0.39 is 77.3 Å². The molecule has 0 spiro atoms. The summed E-state index contributed by atoms with van der Waals surface area (Å²) in [6, 6.07) is 14.9. The number of pyridine rings is 1. The van der Waals surface area contributed by atoms with Crippen LogP contribution in [0.2, 0.25) is 10.0 Å². The van der Waals surface area contributed by atoms with Crippen LogP contribution in [-0.2, 0) is 11.3 Å². The Balaban J connectivity index is 0.000000208. The van der Waals surface area contributed by atoms with E-state index in [0.29, 0.717) is 12.1 Å². The van der Waals surface area contributed by atoms with Crippen LogP contribution in [0.1, 0.15) is 24.0 Å². The number of amides is 1. The van der Waals surface area contributed by atoms with E-state index in [1.807, 2.05) is 0 Å². The number of benzene rings is 4. The minimum atomic E-state index is -2.86. The fourth-order valence-electron chi connectivity index (χ4n) is 5.87. The van der Waals surface area contributed by atoms with E-state index in [1.54, 1.807) is 0 Å². The van der Waals surface area contributed by atoms with E-state index >= 15 is 0 Å². The maximum Gasteiger partial charge on any atom is 0.256 e. The lowest BCUT2D eigenvalue weighted by Gasteiger charge is -2.33. The number of aromatic nitrogens is 1. The second-order valence-corrected chi connectivity index (χ2v) is 12.4. The molecule has 5 aromatic rings. The fourth-order valence-corrected chi connectivity index (χ4v) is 6.30. The van der Waals surface area contributed by atoms with Crippen molar-refractivity contribution in [3.05, 3.63) is 151 Å². The van der Waals surface area contributed by atoms with Crippen LogP contribution in [0.5, 0.6) is 0 Å². The first-order chi connectivity index (χ1) is 25.5. The van der Waals surface area contributed by atoms with Crippen LogP contribution in [0.15, 0.2) is 89.7 Å². The molecule has 4 nitrogen and oxygen atoms in total. The molecule has 1 aliphatic rings. The Bertz CT molecular complexity index is 2280. The topological polar surface area (TPSA) is 42.3 Å². The summed E-state index contributed by atoms with van der Waals surface area (Å²) in [6.45, 7) is -1.85. The number of carbonyl (C=O) groups excluding carboxylic acids is 1. The molecule has 0 unspecified atom stereocenters. The van der Waals surface area contributed by atoms with Crippen molar-refractivity contribution in [2.45, 2.75) is 32.2 Å². The van der Waals surface area contributed by atoms with Gasteiger partial charge in [0.1, 0.15) is 34.9 Å². The summed E-state index contributed by atoms with van der Waals surface area (Å²) >= 11 is 11.9. The van der Waals surface area contributed by atoms with Crippen molar-refractivity contribution in [3.63, 3.8) is 0 Å². The predicted molar refractivity (Wildman–Crippen MR) is 184 cm³/mol.